The second-order valence-corrected chi connectivity index (χ2v) is 4.78. The van der Waals surface area contributed by atoms with Gasteiger partial charge < -0.3 is 0 Å². The van der Waals surface area contributed by atoms with Gasteiger partial charge in [0.2, 0.25) is 5.16 Å². The molecule has 0 aliphatic rings. The number of nitrogens with zero attached hydrogens (tertiary/aromatic N) is 4. The molecule has 2 heterocycles. The predicted octanol–water partition coefficient (Wildman–Crippen LogP) is 2.89. The molecule has 0 aliphatic heterocycles. The van der Waals surface area contributed by atoms with Crippen LogP contribution >= 0.6 is 11.8 Å². The average Bonchev–Trinajstić information content (AvgIpc) is 2.84. The minimum absolute atomic E-state index is 0.299. The van der Waals surface area contributed by atoms with E-state index in [4.69, 9.17) is 5.26 Å². The molecule has 0 N–H and O–H groups in total. The minimum atomic E-state index is -0.434. The lowest BCUT2D eigenvalue weighted by molar-refractivity contribution is 0.601. The summed E-state index contributed by atoms with van der Waals surface area (Å²) in [5.74, 6) is -0.434. The summed E-state index contributed by atoms with van der Waals surface area (Å²) in [5, 5.41) is 17.3. The summed E-state index contributed by atoms with van der Waals surface area (Å²) in [6.07, 6.45) is 1.82. The van der Waals surface area contributed by atoms with Gasteiger partial charge in [0.05, 0.1) is 16.5 Å². The van der Waals surface area contributed by atoms with Crippen molar-refractivity contribution in [1.29, 1.82) is 5.26 Å². The number of aromatic nitrogens is 3. The average molecular weight is 270 g/mol. The Kier molecular flexibility index (Phi) is 2.89. The summed E-state index contributed by atoms with van der Waals surface area (Å²) in [4.78, 5) is 0.414. The molecule has 4 nitrogen and oxygen atoms in total. The van der Waals surface area contributed by atoms with Crippen LogP contribution in [0.5, 0.6) is 0 Å². The Hall–Kier alpha value is -2.39. The van der Waals surface area contributed by atoms with E-state index in [2.05, 4.69) is 10.2 Å². The number of hydrogen-bond acceptors (Lipinski definition) is 4. The summed E-state index contributed by atoms with van der Waals surface area (Å²) >= 11 is 1.17. The standard InChI is InChI=1S/C13H7FN4S/c14-10-7-9(8-15)4-5-11(10)19-13-17-16-12-3-1-2-6-18(12)13/h1-7H. The second kappa shape index (κ2) is 4.71. The molecule has 2 aromatic heterocycles. The zero-order valence-electron chi connectivity index (χ0n) is 9.62. The zero-order chi connectivity index (χ0) is 13.2. The van der Waals surface area contributed by atoms with E-state index >= 15 is 0 Å². The fraction of sp³-hybridized carbons (Fsp3) is 0. The van der Waals surface area contributed by atoms with Gasteiger partial charge in [-0.3, -0.25) is 4.40 Å². The SMILES string of the molecule is N#Cc1ccc(Sc2nnc3ccccn23)c(F)c1. The highest BCUT2D eigenvalue weighted by atomic mass is 32.2. The van der Waals surface area contributed by atoms with Gasteiger partial charge >= 0.3 is 0 Å². The van der Waals surface area contributed by atoms with Gasteiger partial charge in [0, 0.05) is 6.20 Å². The lowest BCUT2D eigenvalue weighted by Crippen LogP contribution is -1.88. The molecular weight excluding hydrogens is 263 g/mol. The lowest BCUT2D eigenvalue weighted by Gasteiger charge is -2.01. The van der Waals surface area contributed by atoms with E-state index in [1.807, 2.05) is 30.5 Å². The monoisotopic (exact) mass is 270 g/mol. The first-order chi connectivity index (χ1) is 9.28. The molecule has 3 rings (SSSR count). The Morgan fingerprint density at radius 3 is 2.89 bits per heavy atom. The molecule has 1 aromatic carbocycles. The lowest BCUT2D eigenvalue weighted by atomic mass is 10.2. The summed E-state index contributed by atoms with van der Waals surface area (Å²) in [6.45, 7) is 0. The van der Waals surface area contributed by atoms with Crippen LogP contribution in [-0.4, -0.2) is 14.6 Å². The maximum absolute atomic E-state index is 13.8. The van der Waals surface area contributed by atoms with Gasteiger partial charge in [0.25, 0.3) is 0 Å². The van der Waals surface area contributed by atoms with E-state index in [0.717, 1.165) is 0 Å². The fourth-order valence-electron chi connectivity index (χ4n) is 1.64. The molecule has 0 radical (unpaired) electrons. The van der Waals surface area contributed by atoms with Crippen LogP contribution in [0.4, 0.5) is 4.39 Å². The van der Waals surface area contributed by atoms with E-state index in [9.17, 15) is 4.39 Å². The van der Waals surface area contributed by atoms with Crippen molar-refractivity contribution in [3.05, 3.63) is 54.0 Å². The third-order valence-electron chi connectivity index (χ3n) is 2.54. The molecule has 0 aliphatic carbocycles. The predicted molar refractivity (Wildman–Crippen MR) is 68.2 cm³/mol. The summed E-state index contributed by atoms with van der Waals surface area (Å²) in [5.41, 5.74) is 1.01. The second-order valence-electron chi connectivity index (χ2n) is 3.77. The van der Waals surface area contributed by atoms with Crippen molar-refractivity contribution in [2.24, 2.45) is 0 Å². The van der Waals surface area contributed by atoms with Crippen LogP contribution < -0.4 is 0 Å². The number of pyridine rings is 1. The van der Waals surface area contributed by atoms with E-state index in [0.29, 0.717) is 21.3 Å². The Balaban J connectivity index is 2.00. The molecule has 0 bridgehead atoms. The van der Waals surface area contributed by atoms with Gasteiger partial charge in [-0.25, -0.2) is 4.39 Å². The Morgan fingerprint density at radius 1 is 1.21 bits per heavy atom. The number of benzene rings is 1. The molecule has 0 saturated heterocycles. The Morgan fingerprint density at radius 2 is 2.11 bits per heavy atom. The maximum atomic E-state index is 13.8. The molecule has 19 heavy (non-hydrogen) atoms. The first-order valence-electron chi connectivity index (χ1n) is 5.45. The normalized spacial score (nSPS) is 10.5. The van der Waals surface area contributed by atoms with Crippen LogP contribution in [0.2, 0.25) is 0 Å². The molecule has 0 amide bonds. The van der Waals surface area contributed by atoms with Crippen LogP contribution in [0.15, 0.2) is 52.6 Å². The van der Waals surface area contributed by atoms with Gasteiger partial charge in [-0.1, -0.05) is 6.07 Å². The van der Waals surface area contributed by atoms with Gasteiger partial charge in [0.15, 0.2) is 5.65 Å². The topological polar surface area (TPSA) is 54.0 Å². The molecule has 0 atom stereocenters. The quantitative estimate of drug-likeness (QED) is 0.718. The molecule has 92 valence electrons. The molecule has 6 heteroatoms. The van der Waals surface area contributed by atoms with Crippen LogP contribution in [0, 0.1) is 17.1 Å². The highest BCUT2D eigenvalue weighted by Gasteiger charge is 2.10. The van der Waals surface area contributed by atoms with E-state index < -0.39 is 5.82 Å². The van der Waals surface area contributed by atoms with Gasteiger partial charge in [-0.2, -0.15) is 5.26 Å². The molecular formula is C13H7FN4S. The van der Waals surface area contributed by atoms with Crippen molar-refractivity contribution >= 4 is 17.4 Å². The molecule has 0 unspecified atom stereocenters. The number of hydrogen-bond donors (Lipinski definition) is 0. The first kappa shape index (κ1) is 11.7. The van der Waals surface area contributed by atoms with Crippen molar-refractivity contribution in [1.82, 2.24) is 14.6 Å². The van der Waals surface area contributed by atoms with Gasteiger partial charge in [-0.05, 0) is 42.1 Å². The number of nitriles is 1. The van der Waals surface area contributed by atoms with Gasteiger partial charge in [-0.15, -0.1) is 10.2 Å². The van der Waals surface area contributed by atoms with Crippen molar-refractivity contribution < 1.29 is 4.39 Å². The largest absolute Gasteiger partial charge is 0.277 e. The third-order valence-corrected chi connectivity index (χ3v) is 3.56. The van der Waals surface area contributed by atoms with E-state index in [-0.39, 0.29) is 0 Å². The van der Waals surface area contributed by atoms with Crippen molar-refractivity contribution in [2.75, 3.05) is 0 Å². The molecule has 0 spiro atoms. The van der Waals surface area contributed by atoms with Crippen molar-refractivity contribution in [3.8, 4) is 6.07 Å². The number of halogens is 1. The van der Waals surface area contributed by atoms with Crippen LogP contribution in [0.1, 0.15) is 5.56 Å². The third kappa shape index (κ3) is 2.16. The maximum Gasteiger partial charge on any atom is 0.200 e. The number of rotatable bonds is 2. The smallest absolute Gasteiger partial charge is 0.200 e. The molecule has 0 fully saturated rings. The first-order valence-corrected chi connectivity index (χ1v) is 6.27. The van der Waals surface area contributed by atoms with Crippen LogP contribution in [-0.2, 0) is 0 Å². The Labute approximate surface area is 112 Å². The zero-order valence-corrected chi connectivity index (χ0v) is 10.4. The number of fused-ring (bicyclic) bond motifs is 1. The van der Waals surface area contributed by atoms with Crippen LogP contribution in [0.3, 0.4) is 0 Å². The minimum Gasteiger partial charge on any atom is -0.277 e. The van der Waals surface area contributed by atoms with Crippen molar-refractivity contribution in [3.63, 3.8) is 0 Å². The molecule has 0 saturated carbocycles. The highest BCUT2D eigenvalue weighted by molar-refractivity contribution is 7.99. The van der Waals surface area contributed by atoms with Crippen LogP contribution in [0.25, 0.3) is 5.65 Å². The summed E-state index contributed by atoms with van der Waals surface area (Å²) < 4.78 is 15.6. The van der Waals surface area contributed by atoms with Gasteiger partial charge in [0.1, 0.15) is 5.82 Å². The highest BCUT2D eigenvalue weighted by Crippen LogP contribution is 2.29. The summed E-state index contributed by atoms with van der Waals surface area (Å²) in [7, 11) is 0. The van der Waals surface area contributed by atoms with E-state index in [1.165, 1.54) is 17.8 Å². The fourth-order valence-corrected chi connectivity index (χ4v) is 2.46. The van der Waals surface area contributed by atoms with Crippen molar-refractivity contribution in [2.45, 2.75) is 10.1 Å². The Bertz CT molecular complexity index is 791. The summed E-state index contributed by atoms with van der Waals surface area (Å²) in [6, 6.07) is 11.8. The molecule has 3 aromatic rings. The van der Waals surface area contributed by atoms with E-state index in [1.54, 1.807) is 16.5 Å².